The number of rotatable bonds is 1. The Morgan fingerprint density at radius 2 is 2.27 bits per heavy atom. The number of methoxy groups -OCH3 is 1. The summed E-state index contributed by atoms with van der Waals surface area (Å²) in [4.78, 5) is 22.5. The molecule has 2 aliphatic heterocycles. The van der Waals surface area contributed by atoms with Crippen LogP contribution >= 0.6 is 0 Å². The molecule has 2 rings (SSSR count). The van der Waals surface area contributed by atoms with Crippen LogP contribution in [0.15, 0.2) is 33.3 Å². The molecule has 6 heteroatoms. The molecule has 15 heavy (non-hydrogen) atoms. The maximum atomic E-state index is 11.3. The number of carbonyl (C=O) groups is 2. The summed E-state index contributed by atoms with van der Waals surface area (Å²) in [6.45, 7) is 1.74. The van der Waals surface area contributed by atoms with Crippen molar-refractivity contribution in [1.82, 2.24) is 5.32 Å². The van der Waals surface area contributed by atoms with E-state index in [-0.39, 0.29) is 5.91 Å². The molecule has 6 nitrogen and oxygen atoms in total. The highest BCUT2D eigenvalue weighted by molar-refractivity contribution is 6.01. The van der Waals surface area contributed by atoms with Crippen molar-refractivity contribution in [2.75, 3.05) is 7.11 Å². The van der Waals surface area contributed by atoms with Crippen LogP contribution in [0, 0.1) is 0 Å². The standard InChI is InChI=1S/C9H9N3O3/c1-4-3-5(9(14)15-2)10-7-6(4)8(13)12-11-7/h3,5,10H,1-2H3. The van der Waals surface area contributed by atoms with E-state index in [0.29, 0.717) is 17.0 Å². The fraction of sp³-hybridized carbons (Fsp3) is 0.333. The molecule has 0 fully saturated rings. The summed E-state index contributed by atoms with van der Waals surface area (Å²) in [5.74, 6) is -0.458. The lowest BCUT2D eigenvalue weighted by atomic mass is 10.0. The summed E-state index contributed by atoms with van der Waals surface area (Å²) in [5.41, 5.74) is 1.12. The van der Waals surface area contributed by atoms with Gasteiger partial charge in [-0.05, 0) is 18.6 Å². The van der Waals surface area contributed by atoms with Crippen molar-refractivity contribution in [2.24, 2.45) is 10.2 Å². The van der Waals surface area contributed by atoms with Crippen LogP contribution in [-0.4, -0.2) is 25.0 Å². The van der Waals surface area contributed by atoms with Crippen molar-refractivity contribution >= 4 is 11.9 Å². The van der Waals surface area contributed by atoms with Crippen LogP contribution in [0.4, 0.5) is 0 Å². The fourth-order valence-electron chi connectivity index (χ4n) is 1.53. The Labute approximate surface area is 85.7 Å². The number of hydrogen-bond acceptors (Lipinski definition) is 5. The molecule has 1 N–H and O–H groups in total. The van der Waals surface area contributed by atoms with Crippen molar-refractivity contribution in [2.45, 2.75) is 13.0 Å². The van der Waals surface area contributed by atoms with Gasteiger partial charge in [0.05, 0.1) is 12.7 Å². The van der Waals surface area contributed by atoms with Crippen molar-refractivity contribution < 1.29 is 14.3 Å². The molecule has 0 radical (unpaired) electrons. The SMILES string of the molecule is COC(=O)C1C=C(C)C2=C(N=NC2=O)N1. The molecule has 0 aromatic carbocycles. The molecule has 1 amide bonds. The third kappa shape index (κ3) is 1.43. The minimum atomic E-state index is -0.599. The number of ether oxygens (including phenoxy) is 1. The van der Waals surface area contributed by atoms with E-state index in [0.717, 1.165) is 0 Å². The van der Waals surface area contributed by atoms with E-state index in [1.165, 1.54) is 7.11 Å². The highest BCUT2D eigenvalue weighted by Gasteiger charge is 2.31. The van der Waals surface area contributed by atoms with Gasteiger partial charge in [-0.2, -0.15) is 0 Å². The second-order valence-corrected chi connectivity index (χ2v) is 3.22. The third-order valence-electron chi connectivity index (χ3n) is 2.25. The summed E-state index contributed by atoms with van der Waals surface area (Å²) in [5, 5.41) is 9.83. The zero-order valence-corrected chi connectivity index (χ0v) is 8.27. The molecular formula is C9H9N3O3. The lowest BCUT2D eigenvalue weighted by Crippen LogP contribution is -2.38. The molecule has 0 aromatic rings. The summed E-state index contributed by atoms with van der Waals surface area (Å²) >= 11 is 0. The van der Waals surface area contributed by atoms with Gasteiger partial charge >= 0.3 is 5.97 Å². The number of dihydropyridines is 1. The summed E-state index contributed by atoms with van der Waals surface area (Å²) in [7, 11) is 1.30. The molecular weight excluding hydrogens is 198 g/mol. The van der Waals surface area contributed by atoms with Crippen LogP contribution in [-0.2, 0) is 14.3 Å². The second-order valence-electron chi connectivity index (χ2n) is 3.22. The predicted octanol–water partition coefficient (Wildman–Crippen LogP) is 0.281. The average Bonchev–Trinajstić information content (AvgIpc) is 2.59. The minimum Gasteiger partial charge on any atom is -0.467 e. The number of hydrogen-bond donors (Lipinski definition) is 1. The number of esters is 1. The van der Waals surface area contributed by atoms with Crippen LogP contribution < -0.4 is 5.32 Å². The molecule has 0 saturated heterocycles. The first-order valence-corrected chi connectivity index (χ1v) is 4.37. The molecule has 0 aliphatic carbocycles. The number of azo groups is 1. The maximum absolute atomic E-state index is 11.3. The predicted molar refractivity (Wildman–Crippen MR) is 49.6 cm³/mol. The van der Waals surface area contributed by atoms with Gasteiger partial charge in [0.2, 0.25) is 0 Å². The van der Waals surface area contributed by atoms with E-state index in [1.807, 2.05) is 0 Å². The second kappa shape index (κ2) is 3.30. The van der Waals surface area contributed by atoms with Crippen molar-refractivity contribution in [1.29, 1.82) is 0 Å². The van der Waals surface area contributed by atoms with Crippen LogP contribution in [0.3, 0.4) is 0 Å². The highest BCUT2D eigenvalue weighted by atomic mass is 16.5. The molecule has 0 saturated carbocycles. The lowest BCUT2D eigenvalue weighted by Gasteiger charge is -2.19. The first-order valence-electron chi connectivity index (χ1n) is 4.37. The smallest absolute Gasteiger partial charge is 0.332 e. The monoisotopic (exact) mass is 207 g/mol. The Morgan fingerprint density at radius 1 is 1.53 bits per heavy atom. The van der Waals surface area contributed by atoms with Gasteiger partial charge in [-0.25, -0.2) is 4.79 Å². The summed E-state index contributed by atoms with van der Waals surface area (Å²) in [6, 6.07) is -0.599. The Kier molecular flexibility index (Phi) is 2.11. The minimum absolute atomic E-state index is 0.343. The number of amides is 1. The van der Waals surface area contributed by atoms with Gasteiger partial charge in [-0.1, -0.05) is 0 Å². The number of carbonyl (C=O) groups excluding carboxylic acids is 2. The Hall–Kier alpha value is -1.98. The summed E-state index contributed by atoms with van der Waals surface area (Å²) < 4.78 is 4.59. The maximum Gasteiger partial charge on any atom is 0.332 e. The average molecular weight is 207 g/mol. The Morgan fingerprint density at radius 3 is 2.93 bits per heavy atom. The summed E-state index contributed by atoms with van der Waals surface area (Å²) in [6.07, 6.45) is 1.62. The molecule has 2 heterocycles. The topological polar surface area (TPSA) is 80.1 Å². The number of nitrogens with one attached hydrogen (secondary N) is 1. The molecule has 1 unspecified atom stereocenters. The normalized spacial score (nSPS) is 23.5. The van der Waals surface area contributed by atoms with Gasteiger partial charge in [0, 0.05) is 0 Å². The van der Waals surface area contributed by atoms with Crippen molar-refractivity contribution in [3.63, 3.8) is 0 Å². The first-order chi connectivity index (χ1) is 7.13. The van der Waals surface area contributed by atoms with Crippen LogP contribution in [0.25, 0.3) is 0 Å². The Balaban J connectivity index is 2.31. The Bertz CT molecular complexity index is 434. The van der Waals surface area contributed by atoms with Gasteiger partial charge in [0.25, 0.3) is 5.91 Å². The van der Waals surface area contributed by atoms with Crippen LogP contribution in [0.2, 0.25) is 0 Å². The zero-order valence-electron chi connectivity index (χ0n) is 8.27. The lowest BCUT2D eigenvalue weighted by molar-refractivity contribution is -0.141. The van der Waals surface area contributed by atoms with E-state index in [1.54, 1.807) is 13.0 Å². The first kappa shape index (κ1) is 9.57. The quantitative estimate of drug-likeness (QED) is 0.626. The molecule has 1 atom stereocenters. The zero-order chi connectivity index (χ0) is 11.0. The largest absolute Gasteiger partial charge is 0.467 e. The van der Waals surface area contributed by atoms with Gasteiger partial charge in [0.1, 0.15) is 6.04 Å². The van der Waals surface area contributed by atoms with Crippen molar-refractivity contribution in [3.05, 3.63) is 23.0 Å². The highest BCUT2D eigenvalue weighted by Crippen LogP contribution is 2.26. The molecule has 0 spiro atoms. The number of nitrogens with zero attached hydrogens (tertiary/aromatic N) is 2. The molecule has 0 aromatic heterocycles. The van der Waals surface area contributed by atoms with E-state index >= 15 is 0 Å². The fourth-order valence-corrected chi connectivity index (χ4v) is 1.53. The molecule has 2 aliphatic rings. The molecule has 78 valence electrons. The molecule has 0 bridgehead atoms. The van der Waals surface area contributed by atoms with E-state index in [2.05, 4.69) is 20.3 Å². The van der Waals surface area contributed by atoms with Crippen molar-refractivity contribution in [3.8, 4) is 0 Å². The van der Waals surface area contributed by atoms with E-state index in [9.17, 15) is 9.59 Å². The van der Waals surface area contributed by atoms with E-state index in [4.69, 9.17) is 0 Å². The van der Waals surface area contributed by atoms with Crippen LogP contribution in [0.5, 0.6) is 0 Å². The third-order valence-corrected chi connectivity index (χ3v) is 2.25. The van der Waals surface area contributed by atoms with E-state index < -0.39 is 12.0 Å². The van der Waals surface area contributed by atoms with Gasteiger partial charge in [0.15, 0.2) is 5.82 Å². The van der Waals surface area contributed by atoms with Gasteiger partial charge in [-0.3, -0.25) is 4.79 Å². The van der Waals surface area contributed by atoms with Gasteiger partial charge in [-0.15, -0.1) is 10.2 Å². The van der Waals surface area contributed by atoms with Crippen LogP contribution in [0.1, 0.15) is 6.92 Å². The van der Waals surface area contributed by atoms with Gasteiger partial charge < -0.3 is 10.1 Å².